The highest BCUT2D eigenvalue weighted by atomic mass is 127. The molecule has 1 aliphatic rings. The van der Waals surface area contributed by atoms with Crippen LogP contribution >= 0.6 is 0 Å². The summed E-state index contributed by atoms with van der Waals surface area (Å²) < 4.78 is 19.4. The number of fused-ring (bicyclic) bond motifs is 1. The Hall–Kier alpha value is -2.54. The average Bonchev–Trinajstić information content (AvgIpc) is 2.79. The van der Waals surface area contributed by atoms with Crippen molar-refractivity contribution in [2.75, 3.05) is 27.8 Å². The second-order valence-electron chi connectivity index (χ2n) is 7.58. The standard InChI is InChI=1S/C26H28NO3.HI/c1-27-13-12-21-16-25(28-2)26(29-3)17-23(21)24(27)15-20-10-7-11-22(14-20)30-18-19-8-5-4-6-9-19;/h4-11,14,16-17H,12-13,15,18H2,1-3H3;1H/q+1;/p-1. The molecule has 0 N–H and O–H groups in total. The van der Waals surface area contributed by atoms with E-state index in [1.54, 1.807) is 14.2 Å². The van der Waals surface area contributed by atoms with Gasteiger partial charge in [0.1, 0.15) is 25.9 Å². The first-order valence-corrected chi connectivity index (χ1v) is 10.3. The smallest absolute Gasteiger partial charge is 0.187 e. The van der Waals surface area contributed by atoms with Crippen LogP contribution in [0.3, 0.4) is 0 Å². The number of hydrogen-bond donors (Lipinski definition) is 0. The van der Waals surface area contributed by atoms with Gasteiger partial charge in [0.15, 0.2) is 17.2 Å². The molecule has 0 amide bonds. The van der Waals surface area contributed by atoms with E-state index in [2.05, 4.69) is 54.1 Å². The van der Waals surface area contributed by atoms with E-state index in [1.165, 1.54) is 28.0 Å². The number of likely N-dealkylation sites (N-methyl/N-ethyl adjacent to an activating group) is 1. The van der Waals surface area contributed by atoms with Gasteiger partial charge >= 0.3 is 0 Å². The van der Waals surface area contributed by atoms with Gasteiger partial charge in [0.05, 0.1) is 20.6 Å². The third kappa shape index (κ3) is 5.39. The van der Waals surface area contributed by atoms with Crippen molar-refractivity contribution in [3.05, 3.63) is 89.0 Å². The summed E-state index contributed by atoms with van der Waals surface area (Å²) in [5.41, 5.74) is 6.22. The Morgan fingerprint density at radius 2 is 1.55 bits per heavy atom. The SMILES string of the molecule is COc1cc2c(cc1OC)C(Cc1cccc(OCc3ccccc3)c1)=[N+](C)CC2.[I-]. The number of ether oxygens (including phenoxy) is 3. The first kappa shape index (κ1) is 23.1. The molecule has 4 rings (SSSR count). The van der Waals surface area contributed by atoms with Crippen molar-refractivity contribution in [3.8, 4) is 17.2 Å². The Morgan fingerprint density at radius 1 is 0.839 bits per heavy atom. The van der Waals surface area contributed by atoms with Crippen molar-refractivity contribution in [3.63, 3.8) is 0 Å². The van der Waals surface area contributed by atoms with Gasteiger partial charge in [-0.05, 0) is 41.0 Å². The summed E-state index contributed by atoms with van der Waals surface area (Å²) >= 11 is 0. The predicted molar refractivity (Wildman–Crippen MR) is 119 cm³/mol. The average molecular weight is 529 g/mol. The normalized spacial score (nSPS) is 12.6. The highest BCUT2D eigenvalue weighted by molar-refractivity contribution is 6.00. The van der Waals surface area contributed by atoms with Crippen molar-refractivity contribution in [2.24, 2.45) is 0 Å². The van der Waals surface area contributed by atoms with Crippen LogP contribution in [-0.2, 0) is 19.4 Å². The number of rotatable bonds is 7. The molecule has 1 aliphatic heterocycles. The molecule has 3 aromatic carbocycles. The molecule has 5 heteroatoms. The maximum Gasteiger partial charge on any atom is 0.187 e. The molecule has 1 heterocycles. The third-order valence-corrected chi connectivity index (χ3v) is 5.62. The second kappa shape index (κ2) is 10.7. The van der Waals surface area contributed by atoms with Gasteiger partial charge in [0, 0.05) is 12.0 Å². The summed E-state index contributed by atoms with van der Waals surface area (Å²) in [5.74, 6) is 2.45. The van der Waals surface area contributed by atoms with Gasteiger partial charge in [0.2, 0.25) is 0 Å². The van der Waals surface area contributed by atoms with E-state index < -0.39 is 0 Å². The minimum Gasteiger partial charge on any atom is -1.00 e. The Balaban J connectivity index is 0.00000272. The van der Waals surface area contributed by atoms with Crippen molar-refractivity contribution in [1.29, 1.82) is 0 Å². The topological polar surface area (TPSA) is 30.7 Å². The van der Waals surface area contributed by atoms with Crippen LogP contribution in [0.1, 0.15) is 22.3 Å². The lowest BCUT2D eigenvalue weighted by Gasteiger charge is -2.19. The zero-order valence-corrected chi connectivity index (χ0v) is 20.4. The van der Waals surface area contributed by atoms with Crippen LogP contribution in [0, 0.1) is 0 Å². The molecule has 0 saturated heterocycles. The molecule has 31 heavy (non-hydrogen) atoms. The van der Waals surface area contributed by atoms with Crippen LogP contribution in [0.5, 0.6) is 17.2 Å². The zero-order chi connectivity index (χ0) is 20.9. The van der Waals surface area contributed by atoms with Gasteiger partial charge in [-0.1, -0.05) is 42.5 Å². The second-order valence-corrected chi connectivity index (χ2v) is 7.58. The Morgan fingerprint density at radius 3 is 2.29 bits per heavy atom. The minimum absolute atomic E-state index is 0. The third-order valence-electron chi connectivity index (χ3n) is 5.62. The van der Waals surface area contributed by atoms with Crippen molar-refractivity contribution < 1.29 is 42.8 Å². The minimum atomic E-state index is 0. The summed E-state index contributed by atoms with van der Waals surface area (Å²) in [7, 11) is 5.53. The van der Waals surface area contributed by atoms with Crippen LogP contribution in [0.25, 0.3) is 0 Å². The summed E-state index contributed by atoms with van der Waals surface area (Å²) in [6.07, 6.45) is 1.83. The van der Waals surface area contributed by atoms with E-state index in [-0.39, 0.29) is 24.0 Å². The molecule has 0 spiro atoms. The van der Waals surface area contributed by atoms with Crippen molar-refractivity contribution in [1.82, 2.24) is 0 Å². The van der Waals surface area contributed by atoms with E-state index in [4.69, 9.17) is 14.2 Å². The Labute approximate surface area is 201 Å². The van der Waals surface area contributed by atoms with Gasteiger partial charge in [-0.3, -0.25) is 0 Å². The molecule has 0 saturated carbocycles. The number of nitrogens with zero attached hydrogens (tertiary/aromatic N) is 1. The molecular formula is C26H28INO3. The fraction of sp³-hybridized carbons (Fsp3) is 0.269. The van der Waals surface area contributed by atoms with Crippen LogP contribution in [0.15, 0.2) is 66.7 Å². The van der Waals surface area contributed by atoms with Gasteiger partial charge in [-0.25, -0.2) is 4.58 Å². The molecule has 0 aromatic heterocycles. The molecule has 3 aromatic rings. The largest absolute Gasteiger partial charge is 1.00 e. The highest BCUT2D eigenvalue weighted by Gasteiger charge is 2.26. The zero-order valence-electron chi connectivity index (χ0n) is 18.2. The molecule has 0 fully saturated rings. The summed E-state index contributed by atoms with van der Waals surface area (Å²) in [6, 6.07) is 22.8. The van der Waals surface area contributed by atoms with Crippen LogP contribution in [-0.4, -0.2) is 38.1 Å². The predicted octanol–water partition coefficient (Wildman–Crippen LogP) is 1.52. The lowest BCUT2D eigenvalue weighted by atomic mass is 9.92. The Bertz CT molecular complexity index is 1060. The van der Waals surface area contributed by atoms with Crippen LogP contribution in [0.2, 0.25) is 0 Å². The number of halogens is 1. The van der Waals surface area contributed by atoms with E-state index in [0.29, 0.717) is 6.61 Å². The number of methoxy groups -OCH3 is 2. The molecule has 0 aliphatic carbocycles. The quantitative estimate of drug-likeness (QED) is 0.344. The first-order chi connectivity index (χ1) is 14.7. The molecule has 0 radical (unpaired) electrons. The molecule has 162 valence electrons. The fourth-order valence-corrected chi connectivity index (χ4v) is 3.93. The Kier molecular flexibility index (Phi) is 7.96. The monoisotopic (exact) mass is 529 g/mol. The maximum atomic E-state index is 6.03. The summed E-state index contributed by atoms with van der Waals surface area (Å²) in [4.78, 5) is 0. The van der Waals surface area contributed by atoms with E-state index >= 15 is 0 Å². The van der Waals surface area contributed by atoms with Crippen LogP contribution in [0.4, 0.5) is 0 Å². The highest BCUT2D eigenvalue weighted by Crippen LogP contribution is 2.33. The fourth-order valence-electron chi connectivity index (χ4n) is 3.93. The van der Waals surface area contributed by atoms with Gasteiger partial charge < -0.3 is 38.2 Å². The number of benzene rings is 3. The number of hydrogen-bond acceptors (Lipinski definition) is 3. The van der Waals surface area contributed by atoms with Gasteiger partial charge in [0.25, 0.3) is 0 Å². The molecule has 0 unspecified atom stereocenters. The van der Waals surface area contributed by atoms with Gasteiger partial charge in [-0.15, -0.1) is 0 Å². The summed E-state index contributed by atoms with van der Waals surface area (Å²) in [6.45, 7) is 1.56. The van der Waals surface area contributed by atoms with E-state index in [1.807, 2.05) is 24.3 Å². The van der Waals surface area contributed by atoms with E-state index in [9.17, 15) is 0 Å². The molecule has 0 bridgehead atoms. The molecular weight excluding hydrogens is 501 g/mol. The van der Waals surface area contributed by atoms with Crippen molar-refractivity contribution in [2.45, 2.75) is 19.4 Å². The van der Waals surface area contributed by atoms with E-state index in [0.717, 1.165) is 36.6 Å². The first-order valence-electron chi connectivity index (χ1n) is 10.3. The summed E-state index contributed by atoms with van der Waals surface area (Å²) in [5, 5.41) is 0. The van der Waals surface area contributed by atoms with Crippen LogP contribution < -0.4 is 38.2 Å². The maximum absolute atomic E-state index is 6.03. The van der Waals surface area contributed by atoms with Gasteiger partial charge in [-0.2, -0.15) is 0 Å². The van der Waals surface area contributed by atoms with Crippen molar-refractivity contribution >= 4 is 5.71 Å². The molecule has 4 nitrogen and oxygen atoms in total. The lowest BCUT2D eigenvalue weighted by Crippen LogP contribution is -3.00. The lowest BCUT2D eigenvalue weighted by molar-refractivity contribution is -0.498. The molecule has 0 atom stereocenters.